The predicted molar refractivity (Wildman–Crippen MR) is 138 cm³/mol. The number of anilines is 1. The molecule has 3 aromatic rings. The fraction of sp³-hybridized carbons (Fsp3) is 0.391. The summed E-state index contributed by atoms with van der Waals surface area (Å²) in [6, 6.07) is 8.82. The quantitative estimate of drug-likeness (QED) is 0.366. The van der Waals surface area contributed by atoms with Crippen LogP contribution in [0.5, 0.6) is 0 Å². The van der Waals surface area contributed by atoms with Crippen LogP contribution in [-0.4, -0.2) is 17.0 Å². The first-order chi connectivity index (χ1) is 13.3. The van der Waals surface area contributed by atoms with E-state index >= 15 is 0 Å². The monoisotopic (exact) mass is 483 g/mol. The Morgan fingerprint density at radius 3 is 2.27 bits per heavy atom. The van der Waals surface area contributed by atoms with E-state index in [1.54, 1.807) is 23.1 Å². The molecule has 0 fully saturated rings. The first kappa shape index (κ1) is 26.8. The molecule has 0 saturated carbocycles. The Hall–Kier alpha value is -1.27. The number of hydrogen-bond acceptors (Lipinski definition) is 5. The average molecular weight is 485 g/mol. The highest BCUT2D eigenvalue weighted by Crippen LogP contribution is 2.40. The summed E-state index contributed by atoms with van der Waals surface area (Å²) in [6.45, 7) is 11.1. The third-order valence-electron chi connectivity index (χ3n) is 4.62. The molecular weight excluding hydrogens is 453 g/mol. The molecule has 0 amide bonds. The van der Waals surface area contributed by atoms with Crippen molar-refractivity contribution in [2.24, 2.45) is 5.41 Å². The van der Waals surface area contributed by atoms with Gasteiger partial charge in [-0.3, -0.25) is 4.98 Å². The van der Waals surface area contributed by atoms with Crippen LogP contribution in [0, 0.1) is 19.3 Å². The molecule has 2 aromatic heterocycles. The van der Waals surface area contributed by atoms with Crippen LogP contribution in [0.25, 0.3) is 11.1 Å². The van der Waals surface area contributed by atoms with Crippen molar-refractivity contribution in [3.63, 3.8) is 0 Å². The fourth-order valence-corrected chi connectivity index (χ4v) is 5.06. The van der Waals surface area contributed by atoms with Crippen molar-refractivity contribution in [2.45, 2.75) is 51.1 Å². The van der Waals surface area contributed by atoms with E-state index in [-0.39, 0.29) is 30.2 Å². The van der Waals surface area contributed by atoms with Gasteiger partial charge >= 0.3 is 0 Å². The number of benzene rings is 1. The molecule has 2 heterocycles. The van der Waals surface area contributed by atoms with Crippen molar-refractivity contribution in [3.8, 4) is 11.1 Å². The van der Waals surface area contributed by atoms with Gasteiger partial charge in [0.1, 0.15) is 4.34 Å². The van der Waals surface area contributed by atoms with Gasteiger partial charge in [0.05, 0.1) is 11.4 Å². The minimum absolute atomic E-state index is 0. The van der Waals surface area contributed by atoms with Crippen molar-refractivity contribution in [3.05, 3.63) is 58.4 Å². The molecule has 3 rings (SSSR count). The number of pyridine rings is 1. The lowest BCUT2D eigenvalue weighted by atomic mass is 9.87. The summed E-state index contributed by atoms with van der Waals surface area (Å²) in [7, 11) is 2.01. The third-order valence-corrected chi connectivity index (χ3v) is 6.61. The van der Waals surface area contributed by atoms with Crippen LogP contribution in [0.3, 0.4) is 0 Å². The van der Waals surface area contributed by atoms with Gasteiger partial charge < -0.3 is 5.32 Å². The van der Waals surface area contributed by atoms with Crippen molar-refractivity contribution >= 4 is 53.6 Å². The lowest BCUT2D eigenvalue weighted by molar-refractivity contribution is 0.406. The van der Waals surface area contributed by atoms with Gasteiger partial charge in [-0.1, -0.05) is 62.4 Å². The zero-order valence-corrected chi connectivity index (χ0v) is 21.7. The van der Waals surface area contributed by atoms with E-state index in [4.69, 9.17) is 4.98 Å². The highest BCUT2D eigenvalue weighted by atomic mass is 35.5. The number of aromatic nitrogens is 2. The van der Waals surface area contributed by atoms with Gasteiger partial charge in [-0.05, 0) is 36.8 Å². The lowest BCUT2D eigenvalue weighted by Crippen LogP contribution is -2.15. The first-order valence-corrected chi connectivity index (χ1v) is 11.4. The summed E-state index contributed by atoms with van der Waals surface area (Å²) in [5.41, 5.74) is 8.65. The molecule has 0 aliphatic rings. The van der Waals surface area contributed by atoms with Gasteiger partial charge in [-0.25, -0.2) is 4.98 Å². The maximum Gasteiger partial charge on any atom is 0.150 e. The van der Waals surface area contributed by atoms with Gasteiger partial charge in [0.2, 0.25) is 0 Å². The predicted octanol–water partition coefficient (Wildman–Crippen LogP) is 7.59. The van der Waals surface area contributed by atoms with Crippen molar-refractivity contribution < 1.29 is 0 Å². The molecule has 7 heteroatoms. The second-order valence-electron chi connectivity index (χ2n) is 8.31. The molecule has 0 aliphatic carbocycles. The van der Waals surface area contributed by atoms with E-state index < -0.39 is 0 Å². The Morgan fingerprint density at radius 2 is 1.73 bits per heavy atom. The van der Waals surface area contributed by atoms with Crippen LogP contribution in [0.1, 0.15) is 43.3 Å². The molecule has 30 heavy (non-hydrogen) atoms. The Labute approximate surface area is 201 Å². The summed E-state index contributed by atoms with van der Waals surface area (Å²) < 4.78 is 1.10. The van der Waals surface area contributed by atoms with E-state index in [1.165, 1.54) is 22.3 Å². The number of hydrogen-bond donors (Lipinski definition) is 1. The molecule has 1 aromatic carbocycles. The Balaban J connectivity index is 0.00000225. The number of halogens is 2. The Kier molecular flexibility index (Phi) is 10.2. The number of aryl methyl sites for hydroxylation is 2. The number of rotatable bonds is 6. The molecule has 0 radical (unpaired) electrons. The summed E-state index contributed by atoms with van der Waals surface area (Å²) in [6.07, 6.45) is 2.80. The van der Waals surface area contributed by atoms with Crippen LogP contribution in [0.4, 0.5) is 5.69 Å². The molecule has 0 saturated heterocycles. The molecule has 0 atom stereocenters. The van der Waals surface area contributed by atoms with Crippen LogP contribution in [0.2, 0.25) is 0 Å². The molecule has 0 spiro atoms. The number of nitrogens with one attached hydrogen (secondary N) is 1. The second kappa shape index (κ2) is 11.4. The highest BCUT2D eigenvalue weighted by Gasteiger charge is 2.22. The van der Waals surface area contributed by atoms with Gasteiger partial charge in [-0.15, -0.1) is 36.2 Å². The summed E-state index contributed by atoms with van der Waals surface area (Å²) in [5, 5.41) is 5.50. The second-order valence-corrected chi connectivity index (χ2v) is 10.4. The van der Waals surface area contributed by atoms with Crippen LogP contribution in [-0.2, 0) is 12.2 Å². The summed E-state index contributed by atoms with van der Waals surface area (Å²) in [4.78, 5) is 9.47. The molecule has 164 valence electrons. The largest absolute Gasteiger partial charge is 0.386 e. The number of thiazole rings is 1. The lowest BCUT2D eigenvalue weighted by Gasteiger charge is -2.24. The number of thioether (sulfide) groups is 1. The van der Waals surface area contributed by atoms with E-state index in [0.717, 1.165) is 33.6 Å². The third kappa shape index (κ3) is 6.61. The van der Waals surface area contributed by atoms with Crippen LogP contribution >= 0.6 is 47.9 Å². The minimum atomic E-state index is 0. The molecule has 3 nitrogen and oxygen atoms in total. The zero-order valence-electron chi connectivity index (χ0n) is 18.4. The van der Waals surface area contributed by atoms with Gasteiger partial charge in [-0.2, -0.15) is 0 Å². The average Bonchev–Trinajstić information content (AvgIpc) is 3.13. The molecule has 1 N–H and O–H groups in total. The van der Waals surface area contributed by atoms with Gasteiger partial charge in [0.15, 0.2) is 0 Å². The highest BCUT2D eigenvalue weighted by molar-refractivity contribution is 8.00. The van der Waals surface area contributed by atoms with E-state index in [9.17, 15) is 0 Å². The molecule has 0 unspecified atom stereocenters. The first-order valence-electron chi connectivity index (χ1n) is 9.58. The smallest absolute Gasteiger partial charge is 0.150 e. The SMILES string of the molecule is CNc1c(CC(C)(C)C)nc(C)c(CSc2nccs2)c1-c1ccc(C)cc1.Cl.Cl. The minimum Gasteiger partial charge on any atom is -0.386 e. The van der Waals surface area contributed by atoms with Gasteiger partial charge in [0, 0.05) is 35.6 Å². The van der Waals surface area contributed by atoms with Crippen molar-refractivity contribution in [1.82, 2.24) is 9.97 Å². The maximum absolute atomic E-state index is 5.04. The number of nitrogens with zero attached hydrogens (tertiary/aromatic N) is 2. The molecular formula is C23H31Cl2N3S2. The van der Waals surface area contributed by atoms with Crippen molar-refractivity contribution in [2.75, 3.05) is 12.4 Å². The van der Waals surface area contributed by atoms with E-state index in [1.807, 2.05) is 18.6 Å². The maximum atomic E-state index is 5.04. The normalized spacial score (nSPS) is 10.9. The van der Waals surface area contributed by atoms with E-state index in [2.05, 4.69) is 69.2 Å². The Morgan fingerprint density at radius 1 is 1.07 bits per heavy atom. The zero-order chi connectivity index (χ0) is 20.3. The van der Waals surface area contributed by atoms with Crippen LogP contribution < -0.4 is 5.32 Å². The molecule has 0 aliphatic heterocycles. The molecule has 0 bridgehead atoms. The summed E-state index contributed by atoms with van der Waals surface area (Å²) in [5.74, 6) is 0.861. The van der Waals surface area contributed by atoms with Gasteiger partial charge in [0.25, 0.3) is 0 Å². The van der Waals surface area contributed by atoms with Crippen molar-refractivity contribution in [1.29, 1.82) is 0 Å². The standard InChI is InChI=1S/C23H29N3S2.2ClH/c1-15-7-9-17(10-8-15)20-18(14-28-22-25-11-12-27-22)16(2)26-19(21(20)24-6)13-23(3,4)5;;/h7-12,24H,13-14H2,1-6H3;2*1H. The topological polar surface area (TPSA) is 37.8 Å². The Bertz CT molecular complexity index is 935. The summed E-state index contributed by atoms with van der Waals surface area (Å²) >= 11 is 3.47. The van der Waals surface area contributed by atoms with Crippen LogP contribution in [0.15, 0.2) is 40.2 Å². The van der Waals surface area contributed by atoms with E-state index in [0.29, 0.717) is 0 Å². The fourth-order valence-electron chi connectivity index (χ4n) is 3.33.